The molecule has 1 aromatic carbocycles. The summed E-state index contributed by atoms with van der Waals surface area (Å²) in [5, 5.41) is 10.4. The van der Waals surface area contributed by atoms with Gasteiger partial charge in [-0.15, -0.1) is 5.10 Å². The zero-order chi connectivity index (χ0) is 13.8. The fourth-order valence-corrected chi connectivity index (χ4v) is 1.53. The van der Waals surface area contributed by atoms with E-state index in [1.54, 1.807) is 6.92 Å². The highest BCUT2D eigenvalue weighted by molar-refractivity contribution is 5.85. The maximum Gasteiger partial charge on any atom is 0.378 e. The monoisotopic (exact) mass is 268 g/mol. The lowest BCUT2D eigenvalue weighted by Crippen LogP contribution is -2.15. The molecule has 100 valence electrons. The summed E-state index contributed by atoms with van der Waals surface area (Å²) in [6, 6.07) is 3.04. The first kappa shape index (κ1) is 13.1. The molecule has 1 heterocycles. The van der Waals surface area contributed by atoms with Gasteiger partial charge in [0.2, 0.25) is 0 Å². The minimum absolute atomic E-state index is 0.0319. The van der Waals surface area contributed by atoms with Crippen LogP contribution in [0.25, 0.3) is 0 Å². The Morgan fingerprint density at radius 3 is 2.63 bits per heavy atom. The molecule has 2 aromatic rings. The maximum absolute atomic E-state index is 13.0. The first-order valence-corrected chi connectivity index (χ1v) is 5.48. The quantitative estimate of drug-likeness (QED) is 0.779. The van der Waals surface area contributed by atoms with Gasteiger partial charge in [0.25, 0.3) is 5.82 Å². The van der Waals surface area contributed by atoms with Crippen LogP contribution < -0.4 is 0 Å². The molecule has 0 aliphatic carbocycles. The summed E-state index contributed by atoms with van der Waals surface area (Å²) in [6.07, 6.45) is 0. The molecule has 0 aliphatic rings. The van der Waals surface area contributed by atoms with Crippen molar-refractivity contribution in [1.82, 2.24) is 20.2 Å². The first-order valence-electron chi connectivity index (χ1n) is 5.48. The number of benzene rings is 1. The molecule has 0 fully saturated rings. The number of aromatic nitrogens is 4. The van der Waals surface area contributed by atoms with Crippen LogP contribution in [0.2, 0.25) is 0 Å². The van der Waals surface area contributed by atoms with Crippen molar-refractivity contribution < 1.29 is 18.3 Å². The second kappa shape index (κ2) is 5.51. The molecule has 0 aliphatic heterocycles. The molecule has 2 rings (SSSR count). The Kier molecular flexibility index (Phi) is 3.79. The van der Waals surface area contributed by atoms with E-state index in [0.29, 0.717) is 5.56 Å². The van der Waals surface area contributed by atoms with Crippen LogP contribution in [0.3, 0.4) is 0 Å². The minimum Gasteiger partial charge on any atom is -0.460 e. The molecule has 8 heteroatoms. The molecule has 6 nitrogen and oxygen atoms in total. The Balaban J connectivity index is 2.24. The largest absolute Gasteiger partial charge is 0.460 e. The molecule has 0 unspecified atom stereocenters. The van der Waals surface area contributed by atoms with Gasteiger partial charge in [0, 0.05) is 6.07 Å². The summed E-state index contributed by atoms with van der Waals surface area (Å²) < 4.78 is 32.0. The average molecular weight is 268 g/mol. The molecule has 0 amide bonds. The van der Waals surface area contributed by atoms with Gasteiger partial charge >= 0.3 is 5.97 Å². The molecule has 1 aromatic heterocycles. The van der Waals surface area contributed by atoms with Gasteiger partial charge in [0.15, 0.2) is 0 Å². The van der Waals surface area contributed by atoms with Crippen molar-refractivity contribution in [2.24, 2.45) is 0 Å². The van der Waals surface area contributed by atoms with Gasteiger partial charge in [-0.3, -0.25) is 0 Å². The molecule has 0 N–H and O–H groups in total. The van der Waals surface area contributed by atoms with E-state index in [2.05, 4.69) is 15.5 Å². The van der Waals surface area contributed by atoms with Gasteiger partial charge in [-0.05, 0) is 35.0 Å². The van der Waals surface area contributed by atoms with E-state index < -0.39 is 17.6 Å². The van der Waals surface area contributed by atoms with Gasteiger partial charge in [0.05, 0.1) is 13.2 Å². The second-order valence-electron chi connectivity index (χ2n) is 3.66. The minimum atomic E-state index is -0.708. The van der Waals surface area contributed by atoms with Crippen LogP contribution >= 0.6 is 0 Å². The Morgan fingerprint density at radius 1 is 1.32 bits per heavy atom. The molecule has 0 saturated carbocycles. The lowest BCUT2D eigenvalue weighted by atomic mass is 10.2. The smallest absolute Gasteiger partial charge is 0.378 e. The predicted octanol–water partition coefficient (Wildman–Crippen LogP) is 1.18. The summed E-state index contributed by atoms with van der Waals surface area (Å²) in [5.74, 6) is -2.22. The maximum atomic E-state index is 13.0. The van der Waals surface area contributed by atoms with E-state index in [0.717, 1.165) is 22.9 Å². The third kappa shape index (κ3) is 3.09. The van der Waals surface area contributed by atoms with Crippen molar-refractivity contribution in [3.05, 3.63) is 41.2 Å². The number of ether oxygens (including phenoxy) is 1. The molecule has 0 atom stereocenters. The van der Waals surface area contributed by atoms with Crippen LogP contribution in [-0.4, -0.2) is 32.8 Å². The van der Waals surface area contributed by atoms with E-state index in [1.807, 2.05) is 0 Å². The van der Waals surface area contributed by atoms with Crippen molar-refractivity contribution in [2.75, 3.05) is 6.61 Å². The lowest BCUT2D eigenvalue weighted by Gasteiger charge is -2.04. The summed E-state index contributed by atoms with van der Waals surface area (Å²) in [6.45, 7) is 1.80. The van der Waals surface area contributed by atoms with Gasteiger partial charge in [-0.25, -0.2) is 18.3 Å². The third-order valence-electron chi connectivity index (χ3n) is 2.24. The molecule has 0 radical (unpaired) electrons. The van der Waals surface area contributed by atoms with E-state index in [9.17, 15) is 13.6 Å². The van der Waals surface area contributed by atoms with Crippen molar-refractivity contribution >= 4 is 5.97 Å². The van der Waals surface area contributed by atoms with Gasteiger partial charge in [0.1, 0.15) is 11.6 Å². The number of halogens is 2. The number of nitrogens with zero attached hydrogens (tertiary/aromatic N) is 4. The second-order valence-corrected chi connectivity index (χ2v) is 3.66. The van der Waals surface area contributed by atoms with Crippen molar-refractivity contribution in [3.63, 3.8) is 0 Å². The van der Waals surface area contributed by atoms with Gasteiger partial charge in [-0.1, -0.05) is 0 Å². The predicted molar refractivity (Wildman–Crippen MR) is 59.2 cm³/mol. The lowest BCUT2D eigenvalue weighted by molar-refractivity contribution is 0.0505. The normalized spacial score (nSPS) is 10.5. The van der Waals surface area contributed by atoms with E-state index in [4.69, 9.17) is 4.74 Å². The van der Waals surface area contributed by atoms with Crippen LogP contribution in [0.5, 0.6) is 0 Å². The highest BCUT2D eigenvalue weighted by Gasteiger charge is 2.17. The summed E-state index contributed by atoms with van der Waals surface area (Å²) >= 11 is 0. The molecular formula is C11H10F2N4O2. The van der Waals surface area contributed by atoms with Crippen molar-refractivity contribution in [3.8, 4) is 0 Å². The number of carbonyl (C=O) groups excluding carboxylic acids is 1. The number of esters is 1. The van der Waals surface area contributed by atoms with Crippen LogP contribution in [0.4, 0.5) is 8.78 Å². The summed E-state index contributed by atoms with van der Waals surface area (Å²) in [5.41, 5.74) is 0.301. The highest BCUT2D eigenvalue weighted by atomic mass is 19.1. The average Bonchev–Trinajstić information content (AvgIpc) is 2.76. The van der Waals surface area contributed by atoms with E-state index >= 15 is 0 Å². The Bertz CT molecular complexity index is 580. The Labute approximate surface area is 107 Å². The SMILES string of the molecule is CCOC(=O)c1nnnn1Cc1cc(F)cc(F)c1. The molecular weight excluding hydrogens is 258 g/mol. The Morgan fingerprint density at radius 2 is 2.00 bits per heavy atom. The van der Waals surface area contributed by atoms with Crippen LogP contribution in [-0.2, 0) is 11.3 Å². The van der Waals surface area contributed by atoms with Gasteiger partial charge < -0.3 is 4.74 Å². The number of carbonyl (C=O) groups is 1. The van der Waals surface area contributed by atoms with Gasteiger partial charge in [-0.2, -0.15) is 0 Å². The Hall–Kier alpha value is -2.38. The first-order chi connectivity index (χ1) is 9.10. The summed E-state index contributed by atoms with van der Waals surface area (Å²) in [7, 11) is 0. The molecule has 0 spiro atoms. The summed E-state index contributed by atoms with van der Waals surface area (Å²) in [4.78, 5) is 11.5. The van der Waals surface area contributed by atoms with Crippen LogP contribution in [0, 0.1) is 11.6 Å². The topological polar surface area (TPSA) is 69.9 Å². The number of tetrazole rings is 1. The highest BCUT2D eigenvalue weighted by Crippen LogP contribution is 2.10. The zero-order valence-electron chi connectivity index (χ0n) is 10.0. The zero-order valence-corrected chi connectivity index (χ0v) is 10.0. The third-order valence-corrected chi connectivity index (χ3v) is 2.24. The van der Waals surface area contributed by atoms with Crippen LogP contribution in [0.15, 0.2) is 18.2 Å². The van der Waals surface area contributed by atoms with Crippen molar-refractivity contribution in [1.29, 1.82) is 0 Å². The van der Waals surface area contributed by atoms with E-state index in [1.165, 1.54) is 0 Å². The van der Waals surface area contributed by atoms with Crippen LogP contribution in [0.1, 0.15) is 23.1 Å². The number of hydrogen-bond donors (Lipinski definition) is 0. The van der Waals surface area contributed by atoms with Crippen molar-refractivity contribution in [2.45, 2.75) is 13.5 Å². The fourth-order valence-electron chi connectivity index (χ4n) is 1.53. The van der Waals surface area contributed by atoms with E-state index in [-0.39, 0.29) is 19.0 Å². The number of rotatable bonds is 4. The molecule has 0 saturated heterocycles. The molecule has 0 bridgehead atoms. The standard InChI is InChI=1S/C11H10F2N4O2/c1-2-19-11(18)10-14-15-16-17(10)6-7-3-8(12)5-9(13)4-7/h3-5H,2,6H2,1H3. The number of hydrogen-bond acceptors (Lipinski definition) is 5. The molecule has 19 heavy (non-hydrogen) atoms. The fraction of sp³-hybridized carbons (Fsp3) is 0.273.